The van der Waals surface area contributed by atoms with Crippen molar-refractivity contribution in [2.45, 2.75) is 194 Å². The van der Waals surface area contributed by atoms with Crippen molar-refractivity contribution in [2.75, 3.05) is 94.0 Å². The maximum atomic E-state index is 12.1. The number of carbonyl (C=O) groups excluding carboxylic acids is 6. The van der Waals surface area contributed by atoms with Gasteiger partial charge in [-0.15, -0.1) is 0 Å². The molecular weight excluding hydrogens is 923 g/mol. The van der Waals surface area contributed by atoms with Crippen molar-refractivity contribution >= 4 is 35.8 Å². The minimum absolute atomic E-state index is 0. The van der Waals surface area contributed by atoms with Crippen molar-refractivity contribution in [3.05, 3.63) is 0 Å². The Balaban J connectivity index is -0.000000653. The van der Waals surface area contributed by atoms with Crippen LogP contribution in [-0.2, 0) is 57.2 Å². The lowest BCUT2D eigenvalue weighted by molar-refractivity contribution is -0.883. The highest BCUT2D eigenvalue weighted by Crippen LogP contribution is 2.13. The highest BCUT2D eigenvalue weighted by atomic mass is 35.5. The average molecular weight is 1020 g/mol. The fourth-order valence-electron chi connectivity index (χ4n) is 6.80. The van der Waals surface area contributed by atoms with E-state index in [0.717, 1.165) is 89.9 Å². The van der Waals surface area contributed by atoms with Crippen molar-refractivity contribution in [3.63, 3.8) is 0 Å². The molecule has 2 unspecified atom stereocenters. The summed E-state index contributed by atoms with van der Waals surface area (Å²) >= 11 is 0. The van der Waals surface area contributed by atoms with Crippen LogP contribution in [0.25, 0.3) is 0 Å². The van der Waals surface area contributed by atoms with Gasteiger partial charge >= 0.3 is 35.8 Å². The summed E-state index contributed by atoms with van der Waals surface area (Å²) in [5.74, 6) is -1.71. The summed E-state index contributed by atoms with van der Waals surface area (Å²) in [5, 5.41) is 20.0. The zero-order valence-corrected chi connectivity index (χ0v) is 45.2. The first-order chi connectivity index (χ1) is 31.3. The Morgan fingerprint density at radius 2 is 0.706 bits per heavy atom. The third kappa shape index (κ3) is 55.8. The number of unbranched alkanes of at least 4 members (excludes halogenated alkanes) is 18. The number of quaternary nitrogens is 2. The summed E-state index contributed by atoms with van der Waals surface area (Å²) in [6.07, 6.45) is 23.4. The van der Waals surface area contributed by atoms with Crippen LogP contribution in [-0.4, -0.2) is 161 Å². The Morgan fingerprint density at radius 1 is 0.397 bits per heavy atom. The Bertz CT molecular complexity index is 1270. The molecule has 404 valence electrons. The van der Waals surface area contributed by atoms with E-state index in [-0.39, 0.29) is 100 Å². The van der Waals surface area contributed by atoms with Gasteiger partial charge in [-0.1, -0.05) is 122 Å². The van der Waals surface area contributed by atoms with Crippen molar-refractivity contribution in [3.8, 4) is 0 Å². The van der Waals surface area contributed by atoms with Crippen LogP contribution in [0.5, 0.6) is 0 Å². The Labute approximate surface area is 423 Å². The number of aliphatic hydroxyl groups is 2. The lowest BCUT2D eigenvalue weighted by Crippen LogP contribution is -3.00. The second-order valence-corrected chi connectivity index (χ2v) is 18.9. The molecule has 0 radical (unpaired) electrons. The average Bonchev–Trinajstić information content (AvgIpc) is 3.22. The molecule has 18 heteroatoms. The number of hydrogen-bond acceptors (Lipinski definition) is 14. The Kier molecular flexibility index (Phi) is 50.6. The predicted octanol–water partition coefficient (Wildman–Crippen LogP) is 1.56. The number of ether oxygens (including phenoxy) is 6. The maximum absolute atomic E-state index is 12.1. The van der Waals surface area contributed by atoms with Gasteiger partial charge in [-0.05, 0) is 32.1 Å². The van der Waals surface area contributed by atoms with Crippen LogP contribution in [0.15, 0.2) is 0 Å². The number of esters is 6. The summed E-state index contributed by atoms with van der Waals surface area (Å²) < 4.78 is 31.2. The standard InChI is InChI=1S/C31H58NO9.C19H38NO5.2ClH/c1-27(33)38-22-17-13-9-5-6-10-14-18-23-40-30(36)20-16-12-8-7-11-15-19-29(35)26-41-31(37)25-32(3,4)21-24-39-28(2)34;1-5-6-7-8-9-10-11-12-18(22)16-25-19(23)15-20(3,4)13-14-24-17(2)21;;/h29,35H,5-26H2,1-4H3;18,22H,5-16H2,1-4H3;2*1H/q2*+1;;/p-2. The van der Waals surface area contributed by atoms with Crippen LogP contribution in [0.3, 0.4) is 0 Å². The Morgan fingerprint density at radius 3 is 1.07 bits per heavy atom. The fraction of sp³-hybridized carbons (Fsp3) is 0.880. The van der Waals surface area contributed by atoms with Crippen LogP contribution >= 0.6 is 0 Å². The minimum atomic E-state index is -0.671. The molecule has 0 rings (SSSR count). The summed E-state index contributed by atoms with van der Waals surface area (Å²) in [4.78, 5) is 68.1. The molecule has 0 aromatic heterocycles. The quantitative estimate of drug-likeness (QED) is 0.0387. The van der Waals surface area contributed by atoms with Crippen LogP contribution in [0.1, 0.15) is 182 Å². The molecule has 0 aliphatic carbocycles. The molecule has 0 aromatic rings. The van der Waals surface area contributed by atoms with Crippen molar-refractivity contribution < 1.29 is 101 Å². The minimum Gasteiger partial charge on any atom is -1.00 e. The van der Waals surface area contributed by atoms with Gasteiger partial charge in [-0.25, -0.2) is 9.59 Å². The molecule has 0 saturated heterocycles. The van der Waals surface area contributed by atoms with Gasteiger partial charge in [-0.2, -0.15) is 0 Å². The fourth-order valence-corrected chi connectivity index (χ4v) is 6.80. The number of halogens is 2. The summed E-state index contributed by atoms with van der Waals surface area (Å²) in [6, 6.07) is 0. The maximum Gasteiger partial charge on any atom is 0.361 e. The smallest absolute Gasteiger partial charge is 0.361 e. The van der Waals surface area contributed by atoms with E-state index < -0.39 is 12.2 Å². The molecule has 0 bridgehead atoms. The molecule has 0 heterocycles. The van der Waals surface area contributed by atoms with E-state index >= 15 is 0 Å². The van der Waals surface area contributed by atoms with E-state index in [2.05, 4.69) is 6.92 Å². The highest BCUT2D eigenvalue weighted by molar-refractivity contribution is 5.71. The van der Waals surface area contributed by atoms with E-state index in [1.165, 1.54) is 65.7 Å². The molecule has 0 saturated carbocycles. The zero-order valence-electron chi connectivity index (χ0n) is 43.6. The van der Waals surface area contributed by atoms with Gasteiger partial charge in [0, 0.05) is 27.2 Å². The van der Waals surface area contributed by atoms with Gasteiger partial charge in [-0.3, -0.25) is 19.2 Å². The molecule has 0 aliphatic rings. The third-order valence-corrected chi connectivity index (χ3v) is 10.9. The van der Waals surface area contributed by atoms with Gasteiger partial charge < -0.3 is 72.4 Å². The lowest BCUT2D eigenvalue weighted by atomic mass is 10.1. The topological polar surface area (TPSA) is 198 Å². The first kappa shape index (κ1) is 71.8. The molecule has 2 atom stereocenters. The molecule has 0 fully saturated rings. The van der Waals surface area contributed by atoms with Crippen LogP contribution < -0.4 is 24.8 Å². The van der Waals surface area contributed by atoms with Crippen LogP contribution in [0.2, 0.25) is 0 Å². The molecule has 0 spiro atoms. The van der Waals surface area contributed by atoms with Crippen LogP contribution in [0, 0.1) is 0 Å². The molecule has 68 heavy (non-hydrogen) atoms. The van der Waals surface area contributed by atoms with E-state index in [0.29, 0.717) is 54.5 Å². The molecular formula is C50H96Cl2N2O14. The molecule has 0 amide bonds. The largest absolute Gasteiger partial charge is 1.00 e. The lowest BCUT2D eigenvalue weighted by Gasteiger charge is -2.28. The number of carbonyl (C=O) groups is 6. The number of nitrogens with zero attached hydrogens (tertiary/aromatic N) is 2. The summed E-state index contributed by atoms with van der Waals surface area (Å²) in [6.45, 7) is 9.32. The van der Waals surface area contributed by atoms with E-state index in [9.17, 15) is 39.0 Å². The van der Waals surface area contributed by atoms with Gasteiger partial charge in [0.2, 0.25) is 0 Å². The van der Waals surface area contributed by atoms with Crippen molar-refractivity contribution in [1.82, 2.24) is 0 Å². The first-order valence-electron chi connectivity index (χ1n) is 25.2. The van der Waals surface area contributed by atoms with Gasteiger partial charge in [0.15, 0.2) is 13.1 Å². The SMILES string of the molecule is CC(=O)OCCCCCCCCCCOC(=O)CCCCCCCCC(O)COC(=O)C[N+](C)(C)CCOC(C)=O.CCCCCCCCCC(O)COC(=O)C[N+](C)(C)CCOC(C)=O.[Cl-].[Cl-]. The van der Waals surface area contributed by atoms with Crippen LogP contribution in [0.4, 0.5) is 0 Å². The van der Waals surface area contributed by atoms with Gasteiger partial charge in [0.1, 0.15) is 39.5 Å². The molecule has 0 aliphatic heterocycles. The van der Waals surface area contributed by atoms with Crippen molar-refractivity contribution in [2.24, 2.45) is 0 Å². The zero-order chi connectivity index (χ0) is 49.9. The molecule has 0 aromatic carbocycles. The van der Waals surface area contributed by atoms with Gasteiger partial charge in [0.25, 0.3) is 0 Å². The summed E-state index contributed by atoms with van der Waals surface area (Å²) in [7, 11) is 7.46. The monoisotopic (exact) mass is 1020 g/mol. The normalized spacial score (nSPS) is 11.9. The number of rotatable bonds is 42. The second-order valence-electron chi connectivity index (χ2n) is 18.9. The molecule has 2 N–H and O–H groups in total. The third-order valence-electron chi connectivity index (χ3n) is 10.9. The van der Waals surface area contributed by atoms with E-state index in [4.69, 9.17) is 28.4 Å². The second kappa shape index (κ2) is 47.9. The van der Waals surface area contributed by atoms with E-state index in [1.54, 1.807) is 0 Å². The highest BCUT2D eigenvalue weighted by Gasteiger charge is 2.23. The summed E-state index contributed by atoms with van der Waals surface area (Å²) in [5.41, 5.74) is 0. The molecule has 16 nitrogen and oxygen atoms in total. The number of likely N-dealkylation sites (N-methyl/N-ethyl adjacent to an activating group) is 2. The number of aliphatic hydroxyl groups excluding tert-OH is 2. The Hall–Kier alpha value is -2.76. The number of hydrogen-bond donors (Lipinski definition) is 2. The van der Waals surface area contributed by atoms with Gasteiger partial charge in [0.05, 0.1) is 53.6 Å². The van der Waals surface area contributed by atoms with E-state index in [1.807, 2.05) is 28.2 Å². The van der Waals surface area contributed by atoms with Crippen molar-refractivity contribution in [1.29, 1.82) is 0 Å². The first-order valence-corrected chi connectivity index (χ1v) is 25.2. The predicted molar refractivity (Wildman–Crippen MR) is 255 cm³/mol.